The summed E-state index contributed by atoms with van der Waals surface area (Å²) in [5.74, 6) is -1.02. The third-order valence-corrected chi connectivity index (χ3v) is 5.22. The lowest BCUT2D eigenvalue weighted by molar-refractivity contribution is 0.135. The molecule has 2 atom stereocenters. The Bertz CT molecular complexity index is 1120. The molecule has 3 rings (SSSR count). The number of carbonyl (C=O) groups excluding carboxylic acids is 1. The summed E-state index contributed by atoms with van der Waals surface area (Å²) in [6.45, 7) is -0.224. The number of nitrogens with one attached hydrogen (secondary N) is 2. The van der Waals surface area contributed by atoms with E-state index in [1.165, 1.54) is 18.6 Å². The first-order valence-electron chi connectivity index (χ1n) is 8.68. The number of carbonyl (C=O) groups is 1. The van der Waals surface area contributed by atoms with Crippen molar-refractivity contribution in [2.75, 3.05) is 6.26 Å². The van der Waals surface area contributed by atoms with Crippen LogP contribution in [0.4, 0.5) is 4.79 Å². The summed E-state index contributed by atoms with van der Waals surface area (Å²) in [5, 5.41) is 22.6. The molecule has 2 heterocycles. The number of benzene rings is 1. The van der Waals surface area contributed by atoms with Crippen LogP contribution in [0.25, 0.3) is 11.0 Å². The highest BCUT2D eigenvalue weighted by Gasteiger charge is 2.27. The number of furan rings is 1. The van der Waals surface area contributed by atoms with Crippen LogP contribution in [0.3, 0.4) is 0 Å². The van der Waals surface area contributed by atoms with Crippen molar-refractivity contribution in [1.82, 2.24) is 10.3 Å². The highest BCUT2D eigenvalue weighted by atomic mass is 32.2. The zero-order chi connectivity index (χ0) is 21.0. The Kier molecular flexibility index (Phi) is 6.21. The Hall–Kier alpha value is -2.89. The van der Waals surface area contributed by atoms with Gasteiger partial charge in [-0.1, -0.05) is 24.3 Å². The second-order valence-electron chi connectivity index (χ2n) is 6.51. The van der Waals surface area contributed by atoms with Crippen molar-refractivity contribution < 1.29 is 28.2 Å². The van der Waals surface area contributed by atoms with Gasteiger partial charge in [-0.15, -0.1) is 0 Å². The van der Waals surface area contributed by atoms with Gasteiger partial charge in [-0.05, 0) is 30.2 Å². The van der Waals surface area contributed by atoms with Crippen LogP contribution in [0, 0.1) is 4.78 Å². The van der Waals surface area contributed by atoms with E-state index in [2.05, 4.69) is 10.3 Å². The van der Waals surface area contributed by atoms with Crippen molar-refractivity contribution >= 4 is 33.9 Å². The van der Waals surface area contributed by atoms with Gasteiger partial charge in [0.25, 0.3) is 0 Å². The Morgan fingerprint density at radius 3 is 2.79 bits per heavy atom. The molecule has 0 spiro atoms. The fourth-order valence-corrected chi connectivity index (χ4v) is 3.38. The number of para-hydroxylation sites is 1. The third kappa shape index (κ3) is 5.34. The van der Waals surface area contributed by atoms with Crippen molar-refractivity contribution in [3.05, 3.63) is 60.0 Å². The van der Waals surface area contributed by atoms with Gasteiger partial charge in [0.2, 0.25) is 0 Å². The first kappa shape index (κ1) is 20.8. The summed E-state index contributed by atoms with van der Waals surface area (Å²) in [4.78, 5) is 16.2. The van der Waals surface area contributed by atoms with E-state index >= 15 is 0 Å². The summed E-state index contributed by atoms with van der Waals surface area (Å²) in [7, 11) is -4.80. The molecule has 2 aromatic heterocycles. The Labute approximate surface area is 167 Å². The molecular formula is C18H20BN3O6S. The van der Waals surface area contributed by atoms with E-state index < -0.39 is 28.9 Å². The average Bonchev–Trinajstić information content (AvgIpc) is 3.08. The molecule has 4 N–H and O–H groups in total. The first-order chi connectivity index (χ1) is 13.7. The highest BCUT2D eigenvalue weighted by molar-refractivity contribution is 7.91. The van der Waals surface area contributed by atoms with Crippen molar-refractivity contribution in [3.8, 4) is 0 Å². The molecule has 1 aromatic carbocycles. The standard InChI is InChI=1S/C18H20BN3O6S/c1-29(20,26)17-8-4-5-13(21-17)11-28-18(23)22-16(19(24)25)9-12-10-27-15-7-3-2-6-14(12)15/h2-8,10,16,20,24-25H,9,11H2,1H3,(H,22,23)/t16-,29?/m0/s1. The van der Waals surface area contributed by atoms with Gasteiger partial charge in [-0.3, -0.25) is 0 Å². The lowest BCUT2D eigenvalue weighted by atomic mass is 9.76. The molecule has 0 aliphatic rings. The number of hydrogen-bond acceptors (Lipinski definition) is 8. The normalized spacial score (nSPS) is 14.2. The van der Waals surface area contributed by atoms with Gasteiger partial charge < -0.3 is 24.5 Å². The molecule has 0 aliphatic heterocycles. The second kappa shape index (κ2) is 8.64. The molecule has 0 saturated heterocycles. The van der Waals surface area contributed by atoms with Crippen molar-refractivity contribution in [3.63, 3.8) is 0 Å². The van der Waals surface area contributed by atoms with E-state index in [0.717, 1.165) is 5.39 Å². The third-order valence-electron chi connectivity index (χ3n) is 4.20. The van der Waals surface area contributed by atoms with Crippen molar-refractivity contribution in [2.45, 2.75) is 24.0 Å². The number of hydrogen-bond donors (Lipinski definition) is 4. The van der Waals surface area contributed by atoms with Crippen molar-refractivity contribution in [2.24, 2.45) is 0 Å². The topological polar surface area (TPSA) is 146 Å². The van der Waals surface area contributed by atoms with E-state index in [1.54, 1.807) is 18.2 Å². The second-order valence-corrected chi connectivity index (χ2v) is 8.62. The smallest absolute Gasteiger partial charge is 0.464 e. The van der Waals surface area contributed by atoms with Crippen LogP contribution >= 0.6 is 0 Å². The minimum atomic E-state index is -2.98. The van der Waals surface area contributed by atoms with Gasteiger partial charge in [0, 0.05) is 11.6 Å². The number of ether oxygens (including phenoxy) is 1. The molecule has 29 heavy (non-hydrogen) atoms. The van der Waals surface area contributed by atoms with E-state index in [1.807, 2.05) is 18.2 Å². The maximum absolute atomic E-state index is 12.1. The minimum absolute atomic E-state index is 0.0921. The van der Waals surface area contributed by atoms with Gasteiger partial charge in [0.1, 0.15) is 17.2 Å². The fraction of sp³-hybridized carbons (Fsp3) is 0.222. The van der Waals surface area contributed by atoms with Gasteiger partial charge in [-0.2, -0.15) is 0 Å². The Morgan fingerprint density at radius 2 is 2.07 bits per heavy atom. The molecule has 0 bridgehead atoms. The zero-order valence-electron chi connectivity index (χ0n) is 15.6. The molecule has 9 nitrogen and oxygen atoms in total. The number of amides is 1. The van der Waals surface area contributed by atoms with Crippen LogP contribution in [-0.4, -0.2) is 44.6 Å². The lowest BCUT2D eigenvalue weighted by Gasteiger charge is -2.17. The van der Waals surface area contributed by atoms with E-state index in [-0.39, 0.29) is 18.1 Å². The fourth-order valence-electron chi connectivity index (χ4n) is 2.75. The Balaban J connectivity index is 1.63. The summed E-state index contributed by atoms with van der Waals surface area (Å²) in [5.41, 5.74) is 1.69. The van der Waals surface area contributed by atoms with E-state index in [0.29, 0.717) is 16.8 Å². The molecule has 1 amide bonds. The van der Waals surface area contributed by atoms with E-state index in [9.17, 15) is 19.1 Å². The molecule has 152 valence electrons. The molecular weight excluding hydrogens is 397 g/mol. The average molecular weight is 417 g/mol. The van der Waals surface area contributed by atoms with Gasteiger partial charge in [0.15, 0.2) is 0 Å². The number of aromatic nitrogens is 1. The SMILES string of the molecule is CS(=N)(=O)c1cccc(COC(=O)N[C@@H](Cc2coc3ccccc23)B(O)O)n1. The molecule has 3 aromatic rings. The van der Waals surface area contributed by atoms with Crippen LogP contribution in [0.2, 0.25) is 0 Å². The number of fused-ring (bicyclic) bond motifs is 1. The number of alkyl carbamates (subject to hydrolysis) is 1. The van der Waals surface area contributed by atoms with Gasteiger partial charge >= 0.3 is 13.2 Å². The minimum Gasteiger partial charge on any atom is -0.464 e. The maximum atomic E-state index is 12.1. The van der Waals surface area contributed by atoms with Crippen LogP contribution in [0.15, 0.2) is 58.2 Å². The molecule has 11 heteroatoms. The Morgan fingerprint density at radius 1 is 1.31 bits per heavy atom. The number of nitrogens with zero attached hydrogens (tertiary/aromatic N) is 1. The molecule has 0 radical (unpaired) electrons. The molecule has 0 saturated carbocycles. The van der Waals surface area contributed by atoms with Crippen LogP contribution < -0.4 is 5.32 Å². The lowest BCUT2D eigenvalue weighted by Crippen LogP contribution is -2.48. The van der Waals surface area contributed by atoms with Crippen LogP contribution in [0.5, 0.6) is 0 Å². The quantitative estimate of drug-likeness (QED) is 0.428. The number of pyridine rings is 1. The monoisotopic (exact) mass is 417 g/mol. The van der Waals surface area contributed by atoms with Crippen LogP contribution in [0.1, 0.15) is 11.3 Å². The zero-order valence-corrected chi connectivity index (χ0v) is 16.4. The number of rotatable bonds is 7. The predicted molar refractivity (Wildman–Crippen MR) is 107 cm³/mol. The van der Waals surface area contributed by atoms with Gasteiger partial charge in [-0.25, -0.2) is 18.8 Å². The summed E-state index contributed by atoms with van der Waals surface area (Å²) >= 11 is 0. The summed E-state index contributed by atoms with van der Waals surface area (Å²) < 4.78 is 29.8. The summed E-state index contributed by atoms with van der Waals surface area (Å²) in [6, 6.07) is 11.9. The van der Waals surface area contributed by atoms with Gasteiger partial charge in [0.05, 0.1) is 27.6 Å². The predicted octanol–water partition coefficient (Wildman–Crippen LogP) is 1.71. The maximum Gasteiger partial charge on any atom is 0.475 e. The van der Waals surface area contributed by atoms with E-state index in [4.69, 9.17) is 13.9 Å². The molecule has 1 unspecified atom stereocenters. The summed E-state index contributed by atoms with van der Waals surface area (Å²) in [6.07, 6.45) is 2.01. The largest absolute Gasteiger partial charge is 0.475 e. The highest BCUT2D eigenvalue weighted by Crippen LogP contribution is 2.22. The first-order valence-corrected chi connectivity index (χ1v) is 10.6. The molecule has 0 aliphatic carbocycles. The molecule has 0 fully saturated rings. The van der Waals surface area contributed by atoms with Crippen LogP contribution in [-0.2, 0) is 27.5 Å². The van der Waals surface area contributed by atoms with Crippen molar-refractivity contribution in [1.29, 1.82) is 4.78 Å².